The predicted molar refractivity (Wildman–Crippen MR) is 241 cm³/mol. The predicted octanol–water partition coefficient (Wildman–Crippen LogP) is 10.7. The van der Waals surface area contributed by atoms with Crippen LogP contribution in [0.3, 0.4) is 0 Å². The average Bonchev–Trinajstić information content (AvgIpc) is 3.23. The quantitative estimate of drug-likeness (QED) is 0.0256. The van der Waals surface area contributed by atoms with Gasteiger partial charge in [0.1, 0.15) is 19.8 Å². The van der Waals surface area contributed by atoms with Gasteiger partial charge >= 0.3 is 19.8 Å². The zero-order valence-corrected chi connectivity index (χ0v) is 39.6. The molecule has 3 saturated heterocycles. The fourth-order valence-corrected chi connectivity index (χ4v) is 9.69. The Kier molecular flexibility index (Phi) is 38.6. The van der Waals surface area contributed by atoms with Gasteiger partial charge in [0.05, 0.1) is 45.3 Å². The minimum Gasteiger partial charge on any atom is -1.00 e. The van der Waals surface area contributed by atoms with E-state index in [0.717, 1.165) is 75.1 Å². The molecular formula is C48H92ClN2O8P. The van der Waals surface area contributed by atoms with Gasteiger partial charge in [0.25, 0.3) is 0 Å². The number of hydrogen-bond donors (Lipinski definition) is 0. The second kappa shape index (κ2) is 39.4. The van der Waals surface area contributed by atoms with E-state index >= 15 is 0 Å². The van der Waals surface area contributed by atoms with Crippen LogP contribution in [0.15, 0.2) is 0 Å². The number of fused-ring (bicyclic) bond motifs is 3. The number of carbonyl (C=O) groups excluding carboxylic acids is 2. The third-order valence-corrected chi connectivity index (χ3v) is 13.9. The highest BCUT2D eigenvalue weighted by Gasteiger charge is 2.40. The Morgan fingerprint density at radius 1 is 0.600 bits per heavy atom. The Balaban J connectivity index is 0.0000174. The maximum atomic E-state index is 13.8. The lowest BCUT2D eigenvalue weighted by atomic mass is 9.86. The molecule has 3 aliphatic rings. The summed E-state index contributed by atoms with van der Waals surface area (Å²) < 4.78 is 43.2. The Morgan fingerprint density at radius 3 is 1.43 bits per heavy atom. The molecule has 0 saturated carbocycles. The van der Waals surface area contributed by atoms with Crippen LogP contribution >= 0.6 is 7.82 Å². The molecule has 0 radical (unpaired) electrons. The van der Waals surface area contributed by atoms with E-state index in [9.17, 15) is 14.2 Å². The van der Waals surface area contributed by atoms with Crippen LogP contribution in [0.25, 0.3) is 0 Å². The lowest BCUT2D eigenvalue weighted by molar-refractivity contribution is -0.942. The zero-order chi connectivity index (χ0) is 41.8. The number of carbonyl (C=O) groups is 2. The van der Waals surface area contributed by atoms with E-state index < -0.39 is 19.9 Å². The Labute approximate surface area is 375 Å². The number of rotatable bonds is 41. The van der Waals surface area contributed by atoms with Gasteiger partial charge in [-0.25, -0.2) is 4.57 Å². The van der Waals surface area contributed by atoms with E-state index in [1.54, 1.807) is 0 Å². The molecule has 354 valence electrons. The molecule has 2 unspecified atom stereocenters. The van der Waals surface area contributed by atoms with Crippen molar-refractivity contribution in [3.63, 3.8) is 0 Å². The number of phosphoric acid groups is 1. The summed E-state index contributed by atoms with van der Waals surface area (Å²) in [5.41, 5.74) is 0. The molecule has 10 nitrogen and oxygen atoms in total. The van der Waals surface area contributed by atoms with Crippen LogP contribution in [-0.4, -0.2) is 75.1 Å². The summed E-state index contributed by atoms with van der Waals surface area (Å²) in [4.78, 5) is 25.7. The van der Waals surface area contributed by atoms with Gasteiger partial charge in [0.15, 0.2) is 6.10 Å². The van der Waals surface area contributed by atoms with E-state index in [1.807, 2.05) is 6.07 Å². The number of halogens is 1. The Morgan fingerprint density at radius 2 is 1.00 bits per heavy atom. The van der Waals surface area contributed by atoms with Gasteiger partial charge in [-0.3, -0.25) is 23.2 Å². The number of ether oxygens (including phenoxy) is 2. The van der Waals surface area contributed by atoms with Crippen LogP contribution in [0.4, 0.5) is 0 Å². The Bertz CT molecular complexity index is 1100. The van der Waals surface area contributed by atoms with Crippen LogP contribution in [0.1, 0.15) is 227 Å². The normalized spacial score (nSPS) is 18.4. The number of unbranched alkanes of at least 4 members (excludes halogenated alkanes) is 24. The zero-order valence-electron chi connectivity index (χ0n) is 37.9. The highest BCUT2D eigenvalue weighted by Crippen LogP contribution is 2.50. The summed E-state index contributed by atoms with van der Waals surface area (Å²) in [6, 6.07) is 2.00. The van der Waals surface area contributed by atoms with Crippen molar-refractivity contribution in [1.29, 1.82) is 5.26 Å². The van der Waals surface area contributed by atoms with Gasteiger partial charge in [-0.1, -0.05) is 175 Å². The van der Waals surface area contributed by atoms with Crippen LogP contribution < -0.4 is 12.4 Å². The van der Waals surface area contributed by atoms with Crippen LogP contribution in [0, 0.1) is 17.2 Å². The number of esters is 2. The van der Waals surface area contributed by atoms with E-state index in [4.69, 9.17) is 28.3 Å². The molecule has 2 atom stereocenters. The van der Waals surface area contributed by atoms with Crippen molar-refractivity contribution in [2.45, 2.75) is 233 Å². The smallest absolute Gasteiger partial charge is 0.475 e. The minimum atomic E-state index is -4.08. The van der Waals surface area contributed by atoms with E-state index in [0.29, 0.717) is 6.42 Å². The van der Waals surface area contributed by atoms with Crippen LogP contribution in [0.2, 0.25) is 0 Å². The molecule has 2 bridgehead atoms. The summed E-state index contributed by atoms with van der Waals surface area (Å²) >= 11 is 0. The standard InChI is InChI=1S/C47H88N2O8P.CH4.ClH/c1-3-5-7-9-11-13-15-17-19-21-23-25-27-30-46(50)53-42-45(57-47(51)31-28-26-24-22-20-18-16-14-12-10-8-6-4-2)43-56-58(52,54-40-29-35-48)55-41-39-49-36-32-44(33-37-49)34-38-49;;/h44-45H,3-34,36-43H2,1-2H3;1H4;1H/q+1;;/p-1. The SMILES string of the molecule is C.CCCCCCCCCCCCCCCC(=O)OCC(COP(=O)(OCCC#N)OCC[N+]12CCC(CC1)CC2)OC(=O)CCCCCCCCCCCCCCC.[Cl-]. The van der Waals surface area contributed by atoms with Crippen molar-refractivity contribution in [2.24, 2.45) is 5.92 Å². The van der Waals surface area contributed by atoms with Crippen molar-refractivity contribution in [3.05, 3.63) is 0 Å². The number of quaternary nitrogens is 1. The first kappa shape index (κ1) is 58.8. The van der Waals surface area contributed by atoms with E-state index in [-0.39, 0.29) is 65.1 Å². The first-order chi connectivity index (χ1) is 28.3. The van der Waals surface area contributed by atoms with Gasteiger partial charge in [0.2, 0.25) is 0 Å². The maximum Gasteiger partial charge on any atom is 0.475 e. The lowest BCUT2D eigenvalue weighted by Gasteiger charge is -2.49. The molecule has 0 N–H and O–H groups in total. The molecular weight excluding hydrogens is 799 g/mol. The maximum absolute atomic E-state index is 13.8. The second-order valence-corrected chi connectivity index (χ2v) is 19.2. The molecule has 3 heterocycles. The van der Waals surface area contributed by atoms with Crippen molar-refractivity contribution in [1.82, 2.24) is 0 Å². The molecule has 0 amide bonds. The first-order valence-electron chi connectivity index (χ1n) is 24.4. The number of nitriles is 1. The fourth-order valence-electron chi connectivity index (χ4n) is 8.50. The fraction of sp³-hybridized carbons (Fsp3) is 0.938. The molecule has 60 heavy (non-hydrogen) atoms. The van der Waals surface area contributed by atoms with Crippen molar-refractivity contribution >= 4 is 19.8 Å². The molecule has 12 heteroatoms. The summed E-state index contributed by atoms with van der Waals surface area (Å²) in [6.45, 7) is 8.15. The van der Waals surface area contributed by atoms with Gasteiger partial charge in [-0.15, -0.1) is 0 Å². The molecule has 3 aliphatic heterocycles. The number of nitrogens with zero attached hydrogens (tertiary/aromatic N) is 2. The highest BCUT2D eigenvalue weighted by atomic mass is 35.5. The molecule has 0 aromatic carbocycles. The topological polar surface area (TPSA) is 121 Å². The number of hydrogen-bond acceptors (Lipinski definition) is 9. The lowest BCUT2D eigenvalue weighted by Crippen LogP contribution is -3.00. The highest BCUT2D eigenvalue weighted by molar-refractivity contribution is 7.48. The monoisotopic (exact) mass is 891 g/mol. The molecule has 0 aromatic rings. The van der Waals surface area contributed by atoms with Gasteiger partial charge in [0, 0.05) is 12.8 Å². The van der Waals surface area contributed by atoms with Crippen molar-refractivity contribution < 1.29 is 54.1 Å². The summed E-state index contributed by atoms with van der Waals surface area (Å²) in [6.07, 6.45) is 35.1. The number of piperidine rings is 3. The Hall–Kier alpha value is -1.21. The summed E-state index contributed by atoms with van der Waals surface area (Å²) in [7, 11) is -4.08. The minimum absolute atomic E-state index is 0. The number of phosphoric ester groups is 1. The first-order valence-corrected chi connectivity index (χ1v) is 25.9. The van der Waals surface area contributed by atoms with Crippen molar-refractivity contribution in [3.8, 4) is 6.07 Å². The molecule has 0 spiro atoms. The van der Waals surface area contributed by atoms with Gasteiger partial charge in [-0.2, -0.15) is 5.26 Å². The summed E-state index contributed by atoms with van der Waals surface area (Å²) in [5.74, 6) is 0.0940. The van der Waals surface area contributed by atoms with E-state index in [1.165, 1.54) is 148 Å². The van der Waals surface area contributed by atoms with Gasteiger partial charge < -0.3 is 26.4 Å². The molecule has 0 aliphatic carbocycles. The van der Waals surface area contributed by atoms with Crippen LogP contribution in [-0.2, 0) is 37.2 Å². The third-order valence-electron chi connectivity index (χ3n) is 12.4. The summed E-state index contributed by atoms with van der Waals surface area (Å²) in [5, 5.41) is 9.07. The largest absolute Gasteiger partial charge is 1.00 e. The average molecular weight is 892 g/mol. The van der Waals surface area contributed by atoms with E-state index in [2.05, 4.69) is 13.8 Å². The van der Waals surface area contributed by atoms with Crippen molar-refractivity contribution in [2.75, 3.05) is 52.6 Å². The second-order valence-electron chi connectivity index (χ2n) is 17.6. The van der Waals surface area contributed by atoms with Gasteiger partial charge in [-0.05, 0) is 38.0 Å². The van der Waals surface area contributed by atoms with Crippen LogP contribution in [0.5, 0.6) is 0 Å². The molecule has 3 fully saturated rings. The third kappa shape index (κ3) is 30.8. The molecule has 0 aromatic heterocycles. The molecule has 3 rings (SSSR count).